The molecule has 1 fully saturated rings. The van der Waals surface area contributed by atoms with Crippen LogP contribution in [0.1, 0.15) is 18.4 Å². The Labute approximate surface area is 89.9 Å². The minimum absolute atomic E-state index is 0.137. The molecule has 3 rings (SSSR count). The molecule has 0 radical (unpaired) electrons. The Kier molecular flexibility index (Phi) is 1.86. The molecule has 0 aliphatic carbocycles. The molecule has 2 atom stereocenters. The molecular formula is C13H15NO. The van der Waals surface area contributed by atoms with E-state index in [1.165, 1.54) is 11.3 Å². The molecule has 1 saturated heterocycles. The van der Waals surface area contributed by atoms with E-state index in [1.807, 2.05) is 6.08 Å². The molecule has 2 nitrogen and oxygen atoms in total. The number of allylic oxidation sites excluding steroid dienone is 1. The summed E-state index contributed by atoms with van der Waals surface area (Å²) in [5.41, 5.74) is 2.76. The van der Waals surface area contributed by atoms with Gasteiger partial charge >= 0.3 is 0 Å². The number of hydrogen-bond donors (Lipinski definition) is 1. The van der Waals surface area contributed by atoms with E-state index >= 15 is 0 Å². The molecule has 0 aromatic heterocycles. The summed E-state index contributed by atoms with van der Waals surface area (Å²) in [6.07, 6.45) is 4.23. The quantitative estimate of drug-likeness (QED) is 0.743. The standard InChI is InChI=1S/C13H15NO/c1-2-7-13-8-9-15-12(13)14-11-6-4-3-5-10(11)13/h2-6,12,14H,1,7-9H2/t12-,13-/m1/s1. The van der Waals surface area contributed by atoms with E-state index in [1.54, 1.807) is 0 Å². The first-order chi connectivity index (χ1) is 7.37. The van der Waals surface area contributed by atoms with Gasteiger partial charge < -0.3 is 10.1 Å². The van der Waals surface area contributed by atoms with Crippen LogP contribution >= 0.6 is 0 Å². The fraction of sp³-hybridized carbons (Fsp3) is 0.385. The lowest BCUT2D eigenvalue weighted by Gasteiger charge is -2.26. The van der Waals surface area contributed by atoms with E-state index in [9.17, 15) is 0 Å². The number of fused-ring (bicyclic) bond motifs is 3. The summed E-state index contributed by atoms with van der Waals surface area (Å²) in [5.74, 6) is 0. The summed E-state index contributed by atoms with van der Waals surface area (Å²) < 4.78 is 5.76. The van der Waals surface area contributed by atoms with Gasteiger partial charge in [-0.05, 0) is 24.5 Å². The molecule has 0 spiro atoms. The highest BCUT2D eigenvalue weighted by atomic mass is 16.5. The van der Waals surface area contributed by atoms with Crippen molar-refractivity contribution in [2.24, 2.45) is 0 Å². The van der Waals surface area contributed by atoms with Gasteiger partial charge in [-0.2, -0.15) is 0 Å². The summed E-state index contributed by atoms with van der Waals surface area (Å²) in [5, 5.41) is 3.45. The molecule has 0 bridgehead atoms. The third-order valence-electron chi connectivity index (χ3n) is 3.59. The second-order valence-electron chi connectivity index (χ2n) is 4.34. The first-order valence-corrected chi connectivity index (χ1v) is 5.45. The highest BCUT2D eigenvalue weighted by molar-refractivity contribution is 5.62. The Balaban J connectivity index is 2.12. The second-order valence-corrected chi connectivity index (χ2v) is 4.34. The topological polar surface area (TPSA) is 21.3 Å². The first kappa shape index (κ1) is 8.98. The lowest BCUT2D eigenvalue weighted by atomic mass is 9.77. The van der Waals surface area contributed by atoms with Crippen LogP contribution in [-0.4, -0.2) is 12.8 Å². The third-order valence-corrected chi connectivity index (χ3v) is 3.59. The van der Waals surface area contributed by atoms with Crippen molar-refractivity contribution in [2.75, 3.05) is 11.9 Å². The second kappa shape index (κ2) is 3.11. The number of ether oxygens (including phenoxy) is 1. The maximum atomic E-state index is 5.76. The Hall–Kier alpha value is -1.28. The fourth-order valence-corrected chi connectivity index (χ4v) is 2.87. The molecule has 0 amide bonds. The fourth-order valence-electron chi connectivity index (χ4n) is 2.87. The molecule has 1 aromatic rings. The normalized spacial score (nSPS) is 31.9. The van der Waals surface area contributed by atoms with Gasteiger partial charge in [0.25, 0.3) is 0 Å². The van der Waals surface area contributed by atoms with Gasteiger partial charge in [-0.25, -0.2) is 0 Å². The van der Waals surface area contributed by atoms with Crippen LogP contribution in [0.5, 0.6) is 0 Å². The summed E-state index contributed by atoms with van der Waals surface area (Å²) >= 11 is 0. The minimum Gasteiger partial charge on any atom is -0.359 e. The molecule has 1 N–H and O–H groups in total. The lowest BCUT2D eigenvalue weighted by molar-refractivity contribution is 0.108. The van der Waals surface area contributed by atoms with Gasteiger partial charge in [0.05, 0.1) is 6.61 Å². The summed E-state index contributed by atoms with van der Waals surface area (Å²) in [6, 6.07) is 8.50. The number of benzene rings is 1. The minimum atomic E-state index is 0.137. The molecule has 0 saturated carbocycles. The van der Waals surface area contributed by atoms with Gasteiger partial charge in [0.1, 0.15) is 6.23 Å². The smallest absolute Gasteiger partial charge is 0.137 e. The monoisotopic (exact) mass is 201 g/mol. The van der Waals surface area contributed by atoms with Gasteiger partial charge in [0.15, 0.2) is 0 Å². The number of rotatable bonds is 2. The van der Waals surface area contributed by atoms with Gasteiger partial charge in [0, 0.05) is 11.1 Å². The van der Waals surface area contributed by atoms with Crippen LogP contribution in [0.2, 0.25) is 0 Å². The van der Waals surface area contributed by atoms with E-state index in [-0.39, 0.29) is 11.6 Å². The summed E-state index contributed by atoms with van der Waals surface area (Å²) in [4.78, 5) is 0. The average Bonchev–Trinajstić information content (AvgIpc) is 2.74. The van der Waals surface area contributed by atoms with E-state index in [0.29, 0.717) is 0 Å². The van der Waals surface area contributed by atoms with Crippen LogP contribution in [0, 0.1) is 0 Å². The molecule has 2 heteroatoms. The molecule has 0 unspecified atom stereocenters. The molecular weight excluding hydrogens is 186 g/mol. The SMILES string of the molecule is C=CC[C@]12CCO[C@H]1Nc1ccccc12. The van der Waals surface area contributed by atoms with Crippen molar-refractivity contribution >= 4 is 5.69 Å². The summed E-state index contributed by atoms with van der Waals surface area (Å²) in [6.45, 7) is 4.72. The van der Waals surface area contributed by atoms with Gasteiger partial charge in [-0.3, -0.25) is 0 Å². The third kappa shape index (κ3) is 1.08. The zero-order valence-electron chi connectivity index (χ0n) is 8.70. The number of hydrogen-bond acceptors (Lipinski definition) is 2. The van der Waals surface area contributed by atoms with Crippen LogP contribution in [0.4, 0.5) is 5.69 Å². The van der Waals surface area contributed by atoms with Crippen molar-refractivity contribution in [3.8, 4) is 0 Å². The Morgan fingerprint density at radius 2 is 2.40 bits per heavy atom. The molecule has 2 aliphatic heterocycles. The number of para-hydroxylation sites is 1. The highest BCUT2D eigenvalue weighted by Gasteiger charge is 2.50. The van der Waals surface area contributed by atoms with Crippen molar-refractivity contribution in [3.05, 3.63) is 42.5 Å². The van der Waals surface area contributed by atoms with Crippen LogP contribution in [0.3, 0.4) is 0 Å². The van der Waals surface area contributed by atoms with Crippen molar-refractivity contribution in [1.29, 1.82) is 0 Å². The van der Waals surface area contributed by atoms with Crippen molar-refractivity contribution in [3.63, 3.8) is 0 Å². The van der Waals surface area contributed by atoms with Crippen molar-refractivity contribution in [1.82, 2.24) is 0 Å². The lowest BCUT2D eigenvalue weighted by Crippen LogP contribution is -2.33. The van der Waals surface area contributed by atoms with E-state index in [4.69, 9.17) is 4.74 Å². The number of nitrogens with one attached hydrogen (secondary N) is 1. The zero-order chi connectivity index (χ0) is 10.3. The maximum Gasteiger partial charge on any atom is 0.137 e. The van der Waals surface area contributed by atoms with Crippen LogP contribution in [0.25, 0.3) is 0 Å². The first-order valence-electron chi connectivity index (χ1n) is 5.45. The molecule has 2 heterocycles. The van der Waals surface area contributed by atoms with E-state index in [0.717, 1.165) is 19.4 Å². The van der Waals surface area contributed by atoms with E-state index < -0.39 is 0 Å². The average molecular weight is 201 g/mol. The van der Waals surface area contributed by atoms with Crippen molar-refractivity contribution in [2.45, 2.75) is 24.5 Å². The number of anilines is 1. The predicted octanol–water partition coefficient (Wildman–Crippen LogP) is 2.67. The largest absolute Gasteiger partial charge is 0.359 e. The highest BCUT2D eigenvalue weighted by Crippen LogP contribution is 2.49. The van der Waals surface area contributed by atoms with Gasteiger partial charge in [-0.15, -0.1) is 6.58 Å². The zero-order valence-corrected chi connectivity index (χ0v) is 8.70. The Bertz CT molecular complexity index is 401. The van der Waals surface area contributed by atoms with Crippen LogP contribution < -0.4 is 5.32 Å². The summed E-state index contributed by atoms with van der Waals surface area (Å²) in [7, 11) is 0. The molecule has 78 valence electrons. The predicted molar refractivity (Wildman–Crippen MR) is 60.9 cm³/mol. The van der Waals surface area contributed by atoms with Crippen LogP contribution in [0.15, 0.2) is 36.9 Å². The van der Waals surface area contributed by atoms with Gasteiger partial charge in [0.2, 0.25) is 0 Å². The molecule has 15 heavy (non-hydrogen) atoms. The van der Waals surface area contributed by atoms with Gasteiger partial charge in [-0.1, -0.05) is 24.3 Å². The molecule has 1 aromatic carbocycles. The van der Waals surface area contributed by atoms with Crippen LogP contribution in [-0.2, 0) is 10.2 Å². The Morgan fingerprint density at radius 1 is 1.53 bits per heavy atom. The van der Waals surface area contributed by atoms with Crippen molar-refractivity contribution < 1.29 is 4.74 Å². The molecule has 2 aliphatic rings. The Morgan fingerprint density at radius 3 is 3.27 bits per heavy atom. The maximum absolute atomic E-state index is 5.76. The van der Waals surface area contributed by atoms with E-state index in [2.05, 4.69) is 36.2 Å².